The number of methoxy groups -OCH3 is 1. The number of hydrogen-bond acceptors (Lipinski definition) is 5. The van der Waals surface area contributed by atoms with Crippen LogP contribution in [0, 0.1) is 11.8 Å². The van der Waals surface area contributed by atoms with Crippen molar-refractivity contribution in [1.29, 1.82) is 0 Å². The number of amides is 1. The molecule has 2 fully saturated rings. The van der Waals surface area contributed by atoms with Gasteiger partial charge in [0.15, 0.2) is 0 Å². The quantitative estimate of drug-likeness (QED) is 0.504. The van der Waals surface area contributed by atoms with E-state index >= 15 is 0 Å². The molecule has 4 unspecified atom stereocenters. The summed E-state index contributed by atoms with van der Waals surface area (Å²) in [4.78, 5) is 28.7. The number of fused-ring (bicyclic) bond motifs is 2. The molecular formula is C14H20N2O4. The van der Waals surface area contributed by atoms with Crippen molar-refractivity contribution in [2.75, 3.05) is 40.3 Å². The van der Waals surface area contributed by atoms with Crippen molar-refractivity contribution in [3.05, 3.63) is 12.2 Å². The molecule has 0 radical (unpaired) electrons. The van der Waals surface area contributed by atoms with Crippen LogP contribution >= 0.6 is 0 Å². The molecule has 6 nitrogen and oxygen atoms in total. The molecule has 6 heteroatoms. The number of carbonyl (C=O) groups excluding carboxylic acids is 2. The minimum absolute atomic E-state index is 0.0188. The Bertz CT molecular complexity index is 442. The highest BCUT2D eigenvalue weighted by Gasteiger charge is 2.54. The van der Waals surface area contributed by atoms with Gasteiger partial charge in [-0.2, -0.15) is 0 Å². The molecule has 3 aliphatic heterocycles. The van der Waals surface area contributed by atoms with Gasteiger partial charge in [0.1, 0.15) is 5.92 Å². The Morgan fingerprint density at radius 2 is 1.70 bits per heavy atom. The van der Waals surface area contributed by atoms with Crippen LogP contribution in [0.1, 0.15) is 0 Å². The van der Waals surface area contributed by atoms with E-state index in [-0.39, 0.29) is 24.1 Å². The Morgan fingerprint density at radius 1 is 1.10 bits per heavy atom. The average Bonchev–Trinajstić information content (AvgIpc) is 3.07. The Morgan fingerprint density at radius 3 is 2.30 bits per heavy atom. The number of hydrogen-bond donors (Lipinski definition) is 0. The molecular weight excluding hydrogens is 260 g/mol. The van der Waals surface area contributed by atoms with Gasteiger partial charge in [0.2, 0.25) is 5.91 Å². The van der Waals surface area contributed by atoms with Gasteiger partial charge in [-0.15, -0.1) is 0 Å². The molecule has 20 heavy (non-hydrogen) atoms. The lowest BCUT2D eigenvalue weighted by atomic mass is 9.82. The SMILES string of the molecule is COC(=O)C1C2C=CC(O2)C1C(=O)N1CCN(C)CC1. The fraction of sp³-hybridized carbons (Fsp3) is 0.714. The summed E-state index contributed by atoms with van der Waals surface area (Å²) >= 11 is 0. The highest BCUT2D eigenvalue weighted by Crippen LogP contribution is 2.40. The summed E-state index contributed by atoms with van der Waals surface area (Å²) in [6, 6.07) is 0. The van der Waals surface area contributed by atoms with E-state index in [1.165, 1.54) is 7.11 Å². The Hall–Kier alpha value is -1.40. The lowest BCUT2D eigenvalue weighted by Crippen LogP contribution is -2.52. The van der Waals surface area contributed by atoms with Crippen LogP contribution in [0.25, 0.3) is 0 Å². The predicted octanol–water partition coefficient (Wildman–Crippen LogP) is -0.497. The van der Waals surface area contributed by atoms with Gasteiger partial charge in [-0.3, -0.25) is 9.59 Å². The molecule has 3 heterocycles. The third-order valence-corrected chi connectivity index (χ3v) is 4.47. The maximum atomic E-state index is 12.7. The molecule has 0 spiro atoms. The molecule has 2 saturated heterocycles. The van der Waals surface area contributed by atoms with Gasteiger partial charge in [0.25, 0.3) is 0 Å². The molecule has 0 aliphatic carbocycles. The van der Waals surface area contributed by atoms with Crippen molar-refractivity contribution in [2.24, 2.45) is 11.8 Å². The summed E-state index contributed by atoms with van der Waals surface area (Å²) in [5.41, 5.74) is 0. The number of rotatable bonds is 2. The molecule has 3 aliphatic rings. The minimum atomic E-state index is -0.498. The van der Waals surface area contributed by atoms with Crippen molar-refractivity contribution in [1.82, 2.24) is 9.80 Å². The second-order valence-electron chi connectivity index (χ2n) is 5.65. The number of piperazine rings is 1. The second kappa shape index (κ2) is 5.18. The monoisotopic (exact) mass is 280 g/mol. The summed E-state index contributed by atoms with van der Waals surface area (Å²) in [6.07, 6.45) is 3.16. The predicted molar refractivity (Wildman–Crippen MR) is 70.9 cm³/mol. The van der Waals surface area contributed by atoms with E-state index in [2.05, 4.69) is 4.90 Å². The van der Waals surface area contributed by atoms with Gasteiger partial charge in [-0.1, -0.05) is 12.2 Å². The zero-order valence-corrected chi connectivity index (χ0v) is 11.8. The highest BCUT2D eigenvalue weighted by atomic mass is 16.5. The molecule has 0 aromatic heterocycles. The summed E-state index contributed by atoms with van der Waals surface area (Å²) in [7, 11) is 3.40. The van der Waals surface area contributed by atoms with Crippen LogP contribution in [-0.2, 0) is 19.1 Å². The van der Waals surface area contributed by atoms with Gasteiger partial charge < -0.3 is 19.3 Å². The molecule has 1 amide bonds. The largest absolute Gasteiger partial charge is 0.469 e. The van der Waals surface area contributed by atoms with Gasteiger partial charge in [-0.25, -0.2) is 0 Å². The number of esters is 1. The van der Waals surface area contributed by atoms with Crippen molar-refractivity contribution in [3.8, 4) is 0 Å². The third kappa shape index (κ3) is 2.13. The molecule has 0 N–H and O–H groups in total. The van der Waals surface area contributed by atoms with Crippen LogP contribution in [0.15, 0.2) is 12.2 Å². The maximum absolute atomic E-state index is 12.7. The van der Waals surface area contributed by atoms with Crippen LogP contribution in [0.5, 0.6) is 0 Å². The number of likely N-dealkylation sites (N-methyl/N-ethyl adjacent to an activating group) is 1. The molecule has 2 bridgehead atoms. The molecule has 0 saturated carbocycles. The van der Waals surface area contributed by atoms with E-state index in [4.69, 9.17) is 9.47 Å². The average molecular weight is 280 g/mol. The van der Waals surface area contributed by atoms with Crippen LogP contribution < -0.4 is 0 Å². The van der Waals surface area contributed by atoms with E-state index in [1.807, 2.05) is 24.1 Å². The van der Waals surface area contributed by atoms with Crippen LogP contribution in [0.2, 0.25) is 0 Å². The summed E-state index contributed by atoms with van der Waals surface area (Å²) < 4.78 is 10.5. The second-order valence-corrected chi connectivity index (χ2v) is 5.65. The summed E-state index contributed by atoms with van der Waals surface area (Å²) in [5.74, 6) is -1.26. The first-order valence-electron chi connectivity index (χ1n) is 7.01. The summed E-state index contributed by atoms with van der Waals surface area (Å²) in [6.45, 7) is 3.15. The first kappa shape index (κ1) is 13.6. The van der Waals surface area contributed by atoms with Gasteiger partial charge in [0, 0.05) is 26.2 Å². The van der Waals surface area contributed by atoms with E-state index in [1.54, 1.807) is 0 Å². The number of nitrogens with zero attached hydrogens (tertiary/aromatic N) is 2. The molecule has 4 atom stereocenters. The van der Waals surface area contributed by atoms with Crippen molar-refractivity contribution in [2.45, 2.75) is 12.2 Å². The van der Waals surface area contributed by atoms with Crippen molar-refractivity contribution in [3.63, 3.8) is 0 Å². The Balaban J connectivity index is 1.76. The normalized spacial score (nSPS) is 36.4. The van der Waals surface area contributed by atoms with Crippen LogP contribution in [-0.4, -0.2) is 74.2 Å². The lowest BCUT2D eigenvalue weighted by Gasteiger charge is -2.35. The standard InChI is InChI=1S/C14H20N2O4/c1-15-5-7-16(8-6-15)13(17)11-9-3-4-10(20-9)12(11)14(18)19-2/h3-4,9-12H,5-8H2,1-2H3. The van der Waals surface area contributed by atoms with E-state index in [9.17, 15) is 9.59 Å². The number of ether oxygens (including phenoxy) is 2. The smallest absolute Gasteiger partial charge is 0.312 e. The fourth-order valence-electron chi connectivity index (χ4n) is 3.26. The fourth-order valence-corrected chi connectivity index (χ4v) is 3.26. The molecule has 0 aromatic carbocycles. The topological polar surface area (TPSA) is 59.1 Å². The zero-order chi connectivity index (χ0) is 14.3. The van der Waals surface area contributed by atoms with Crippen molar-refractivity contribution < 1.29 is 19.1 Å². The highest BCUT2D eigenvalue weighted by molar-refractivity contribution is 5.88. The third-order valence-electron chi connectivity index (χ3n) is 4.47. The molecule has 110 valence electrons. The Labute approximate surface area is 118 Å². The maximum Gasteiger partial charge on any atom is 0.312 e. The molecule has 0 aromatic rings. The minimum Gasteiger partial charge on any atom is -0.469 e. The van der Waals surface area contributed by atoms with Gasteiger partial charge >= 0.3 is 5.97 Å². The zero-order valence-electron chi connectivity index (χ0n) is 11.8. The van der Waals surface area contributed by atoms with Crippen LogP contribution in [0.3, 0.4) is 0 Å². The van der Waals surface area contributed by atoms with E-state index in [0.29, 0.717) is 13.1 Å². The van der Waals surface area contributed by atoms with E-state index in [0.717, 1.165) is 13.1 Å². The number of carbonyl (C=O) groups is 2. The lowest BCUT2D eigenvalue weighted by molar-refractivity contribution is -0.152. The van der Waals surface area contributed by atoms with Crippen LogP contribution in [0.4, 0.5) is 0 Å². The molecule has 3 rings (SSSR count). The van der Waals surface area contributed by atoms with Gasteiger partial charge in [-0.05, 0) is 7.05 Å². The first-order valence-corrected chi connectivity index (χ1v) is 7.01. The first-order chi connectivity index (χ1) is 9.61. The van der Waals surface area contributed by atoms with E-state index < -0.39 is 11.8 Å². The Kier molecular flexibility index (Phi) is 3.52. The van der Waals surface area contributed by atoms with Gasteiger partial charge in [0.05, 0.1) is 25.2 Å². The summed E-state index contributed by atoms with van der Waals surface area (Å²) in [5, 5.41) is 0. The van der Waals surface area contributed by atoms with Crippen molar-refractivity contribution >= 4 is 11.9 Å².